The molecule has 0 saturated carbocycles. The minimum Gasteiger partial charge on any atom is -0.265 e. The summed E-state index contributed by atoms with van der Waals surface area (Å²) >= 11 is 0. The van der Waals surface area contributed by atoms with E-state index in [1.54, 1.807) is 0 Å². The molecule has 0 N–H and O–H groups in total. The smallest absolute Gasteiger partial charge is 0.0273 e. The maximum absolute atomic E-state index is 4.16. The van der Waals surface area contributed by atoms with Crippen molar-refractivity contribution in [2.75, 3.05) is 11.5 Å². The van der Waals surface area contributed by atoms with Gasteiger partial charge in [-0.15, -0.1) is 0 Å². The number of aromatic nitrogens is 2. The average molecular weight is 357 g/mol. The van der Waals surface area contributed by atoms with E-state index in [0.29, 0.717) is 0 Å². The molecule has 0 radical (unpaired) electrons. The van der Waals surface area contributed by atoms with Crippen molar-refractivity contribution in [1.29, 1.82) is 0 Å². The Kier molecular flexibility index (Phi) is 8.71. The first kappa shape index (κ1) is 18.8. The summed E-state index contributed by atoms with van der Waals surface area (Å²) in [6.45, 7) is 8.32. The molecule has 126 valence electrons. The molecule has 0 amide bonds. The highest BCUT2D eigenvalue weighted by Crippen LogP contribution is 2.27. The largest absolute Gasteiger partial charge is 0.265 e. The van der Waals surface area contributed by atoms with Crippen LogP contribution in [0.4, 0.5) is 0 Å². The summed E-state index contributed by atoms with van der Waals surface area (Å²) in [4.78, 5) is 8.08. The summed E-state index contributed by atoms with van der Waals surface area (Å²) < 4.78 is 0. The molecule has 0 aromatic carbocycles. The van der Waals surface area contributed by atoms with E-state index in [9.17, 15) is 0 Å². The number of hydrogen-bond donors (Lipinski definition) is 0. The Labute approximate surface area is 153 Å². The lowest BCUT2D eigenvalue weighted by atomic mass is 10.1. The van der Waals surface area contributed by atoms with Crippen LogP contribution in [-0.4, -0.2) is 21.5 Å². The van der Waals surface area contributed by atoms with Crippen LogP contribution in [0.25, 0.3) is 11.1 Å². The third kappa shape index (κ3) is 6.93. The van der Waals surface area contributed by atoms with Crippen LogP contribution in [-0.2, 0) is 0 Å². The molecule has 0 atom stereocenters. The molecule has 0 saturated heterocycles. The van der Waals surface area contributed by atoms with Crippen molar-refractivity contribution in [2.24, 2.45) is 0 Å². The summed E-state index contributed by atoms with van der Waals surface area (Å²) in [6.07, 6.45) is 11.7. The van der Waals surface area contributed by atoms with Gasteiger partial charge in [-0.05, 0) is 72.2 Å². The molecule has 24 heavy (non-hydrogen) atoms. The molecule has 2 rings (SSSR count). The predicted molar refractivity (Wildman–Crippen MR) is 110 cm³/mol. The second-order valence-electron chi connectivity index (χ2n) is 5.53. The van der Waals surface area contributed by atoms with Crippen molar-refractivity contribution in [1.82, 2.24) is 9.97 Å². The Morgan fingerprint density at radius 3 is 1.46 bits per heavy atom. The zero-order chi connectivity index (χ0) is 17.0. The normalized spacial score (nSPS) is 10.5. The number of nitrogens with zero attached hydrogens (tertiary/aromatic N) is 2. The van der Waals surface area contributed by atoms with E-state index in [-0.39, 0.29) is 0 Å². The summed E-state index contributed by atoms with van der Waals surface area (Å²) in [7, 11) is 3.92. The molecule has 4 heteroatoms. The van der Waals surface area contributed by atoms with Crippen molar-refractivity contribution in [3.63, 3.8) is 0 Å². The molecule has 0 aliphatic heterocycles. The average Bonchev–Trinajstić information content (AvgIpc) is 2.65. The lowest BCUT2D eigenvalue weighted by molar-refractivity contribution is 0.987. The van der Waals surface area contributed by atoms with Gasteiger partial charge in [0.2, 0.25) is 0 Å². The third-order valence-electron chi connectivity index (χ3n) is 3.67. The molecular formula is C20H24N2S2. The quantitative estimate of drug-likeness (QED) is 0.356. The van der Waals surface area contributed by atoms with E-state index in [2.05, 4.69) is 23.1 Å². The zero-order valence-corrected chi connectivity index (χ0v) is 15.6. The van der Waals surface area contributed by atoms with Crippen molar-refractivity contribution in [2.45, 2.75) is 25.7 Å². The molecule has 2 aromatic rings. The molecule has 0 fully saturated rings. The van der Waals surface area contributed by atoms with Crippen molar-refractivity contribution in [3.05, 3.63) is 73.3 Å². The highest BCUT2D eigenvalue weighted by atomic mass is 33.1. The third-order valence-corrected chi connectivity index (χ3v) is 6.25. The van der Waals surface area contributed by atoms with Crippen LogP contribution in [0.1, 0.15) is 36.8 Å². The van der Waals surface area contributed by atoms with Gasteiger partial charge in [0.05, 0.1) is 0 Å². The maximum atomic E-state index is 4.16. The van der Waals surface area contributed by atoms with Gasteiger partial charge in [0.25, 0.3) is 0 Å². The molecule has 2 nitrogen and oxygen atoms in total. The van der Waals surface area contributed by atoms with Gasteiger partial charge in [0.1, 0.15) is 0 Å². The first-order valence-corrected chi connectivity index (χ1v) is 10.7. The Morgan fingerprint density at radius 1 is 0.708 bits per heavy atom. The Hall–Kier alpha value is -1.52. The summed E-state index contributed by atoms with van der Waals surface area (Å²) in [5, 5.41) is 0. The van der Waals surface area contributed by atoms with Gasteiger partial charge in [-0.2, -0.15) is 0 Å². The Bertz CT molecular complexity index is 569. The van der Waals surface area contributed by atoms with Crippen LogP contribution in [0.5, 0.6) is 0 Å². The van der Waals surface area contributed by atoms with E-state index in [4.69, 9.17) is 0 Å². The SMILES string of the molecule is C=C(CCCSSCCCC(=C)c1ccncc1)c1ccncc1. The summed E-state index contributed by atoms with van der Waals surface area (Å²) in [5.74, 6) is 2.33. The molecule has 2 aromatic heterocycles. The van der Waals surface area contributed by atoms with E-state index < -0.39 is 0 Å². The summed E-state index contributed by atoms with van der Waals surface area (Å²) in [6, 6.07) is 8.11. The summed E-state index contributed by atoms with van der Waals surface area (Å²) in [5.41, 5.74) is 4.82. The highest BCUT2D eigenvalue weighted by Gasteiger charge is 2.00. The van der Waals surface area contributed by atoms with Crippen LogP contribution in [0, 0.1) is 0 Å². The van der Waals surface area contributed by atoms with Gasteiger partial charge in [-0.25, -0.2) is 0 Å². The van der Waals surface area contributed by atoms with E-state index in [0.717, 1.165) is 12.8 Å². The monoisotopic (exact) mass is 356 g/mol. The molecule has 0 aliphatic carbocycles. The molecule has 0 unspecified atom stereocenters. The van der Waals surface area contributed by atoms with Crippen LogP contribution in [0.15, 0.2) is 62.2 Å². The maximum Gasteiger partial charge on any atom is 0.0273 e. The van der Waals surface area contributed by atoms with Gasteiger partial charge in [0, 0.05) is 36.3 Å². The molecular weight excluding hydrogens is 332 g/mol. The van der Waals surface area contributed by atoms with Crippen LogP contribution < -0.4 is 0 Å². The first-order chi connectivity index (χ1) is 11.8. The van der Waals surface area contributed by atoms with Gasteiger partial charge < -0.3 is 0 Å². The van der Waals surface area contributed by atoms with Crippen molar-refractivity contribution < 1.29 is 0 Å². The van der Waals surface area contributed by atoms with Crippen molar-refractivity contribution >= 4 is 32.7 Å². The topological polar surface area (TPSA) is 25.8 Å². The minimum absolute atomic E-state index is 1.05. The lowest BCUT2D eigenvalue weighted by Gasteiger charge is -2.06. The lowest BCUT2D eigenvalue weighted by Crippen LogP contribution is -1.87. The fraction of sp³-hybridized carbons (Fsp3) is 0.300. The predicted octanol–water partition coefficient (Wildman–Crippen LogP) is 6.15. The highest BCUT2D eigenvalue weighted by molar-refractivity contribution is 8.76. The standard InChI is InChI=1S/C20H24N2S2/c1-17(19-7-11-21-12-8-19)5-3-15-23-24-16-4-6-18(2)20-9-13-22-14-10-20/h7-14H,1-6,15-16H2. The van der Waals surface area contributed by atoms with E-state index in [1.807, 2.05) is 70.6 Å². The van der Waals surface area contributed by atoms with Crippen LogP contribution in [0.3, 0.4) is 0 Å². The molecule has 0 bridgehead atoms. The Morgan fingerprint density at radius 2 is 1.08 bits per heavy atom. The molecule has 2 heterocycles. The van der Waals surface area contributed by atoms with Gasteiger partial charge in [-0.3, -0.25) is 9.97 Å². The number of pyridine rings is 2. The van der Waals surface area contributed by atoms with Crippen LogP contribution >= 0.6 is 21.6 Å². The fourth-order valence-corrected chi connectivity index (χ4v) is 4.45. The van der Waals surface area contributed by atoms with Gasteiger partial charge in [-0.1, -0.05) is 34.7 Å². The second-order valence-corrected chi connectivity index (χ2v) is 8.23. The first-order valence-electron chi connectivity index (χ1n) is 8.18. The van der Waals surface area contributed by atoms with Crippen molar-refractivity contribution in [3.8, 4) is 0 Å². The van der Waals surface area contributed by atoms with Gasteiger partial charge >= 0.3 is 0 Å². The van der Waals surface area contributed by atoms with Gasteiger partial charge in [0.15, 0.2) is 0 Å². The second kappa shape index (κ2) is 11.1. The molecule has 0 aliphatic rings. The number of allylic oxidation sites excluding steroid dienone is 2. The number of rotatable bonds is 11. The minimum atomic E-state index is 1.05. The van der Waals surface area contributed by atoms with Crippen LogP contribution in [0.2, 0.25) is 0 Å². The number of hydrogen-bond acceptors (Lipinski definition) is 4. The van der Waals surface area contributed by atoms with E-state index >= 15 is 0 Å². The Balaban J connectivity index is 1.48. The fourth-order valence-electron chi connectivity index (χ4n) is 2.27. The zero-order valence-electron chi connectivity index (χ0n) is 14.0. The van der Waals surface area contributed by atoms with E-state index in [1.165, 1.54) is 46.6 Å². The molecule has 0 spiro atoms.